The molecule has 0 aliphatic heterocycles. The highest BCUT2D eigenvalue weighted by Gasteiger charge is 2.33. The van der Waals surface area contributed by atoms with Gasteiger partial charge in [0.15, 0.2) is 0 Å². The summed E-state index contributed by atoms with van der Waals surface area (Å²) in [4.78, 5) is 0. The number of ether oxygens (including phenoxy) is 2. The molecule has 37 heavy (non-hydrogen) atoms. The Balaban J connectivity index is 1.57. The van der Waals surface area contributed by atoms with E-state index in [1.54, 1.807) is 0 Å². The van der Waals surface area contributed by atoms with Gasteiger partial charge in [0.05, 0.1) is 0 Å². The normalized spacial score (nSPS) is 11.4. The number of hydrogen-bond acceptors (Lipinski definition) is 4. The van der Waals surface area contributed by atoms with E-state index in [4.69, 9.17) is 20.9 Å². The summed E-state index contributed by atoms with van der Waals surface area (Å²) in [6.07, 6.45) is 5.64. The minimum absolute atomic E-state index is 0.0640. The number of unbranched alkanes of at least 4 members (excludes halogenated alkanes) is 1. The van der Waals surface area contributed by atoms with Crippen LogP contribution < -0.4 is 20.9 Å². The second kappa shape index (κ2) is 12.9. The fourth-order valence-corrected chi connectivity index (χ4v) is 4.97. The molecule has 0 saturated carbocycles. The minimum atomic E-state index is -0.442. The molecule has 0 aliphatic rings. The Hall–Kier alpha value is -3.92. The highest BCUT2D eigenvalue weighted by Crippen LogP contribution is 2.42. The van der Waals surface area contributed by atoms with Crippen LogP contribution >= 0.6 is 0 Å². The molecule has 4 nitrogen and oxygen atoms in total. The molecule has 4 aromatic rings. The third-order valence-electron chi connectivity index (χ3n) is 6.95. The summed E-state index contributed by atoms with van der Waals surface area (Å²) >= 11 is 0. The quantitative estimate of drug-likeness (QED) is 0.146. The van der Waals surface area contributed by atoms with Gasteiger partial charge in [-0.3, -0.25) is 0 Å². The molecule has 0 aliphatic carbocycles. The second-order valence-corrected chi connectivity index (χ2v) is 9.61. The van der Waals surface area contributed by atoms with Gasteiger partial charge in [0.2, 0.25) is 6.29 Å². The lowest BCUT2D eigenvalue weighted by molar-refractivity contribution is -0.00327. The Labute approximate surface area is 221 Å². The van der Waals surface area contributed by atoms with Crippen molar-refractivity contribution in [3.8, 4) is 11.5 Å². The number of nitrogens with two attached hydrogens (primary N) is 2. The molecule has 0 fully saturated rings. The van der Waals surface area contributed by atoms with Gasteiger partial charge in [-0.1, -0.05) is 80.4 Å². The monoisotopic (exact) mass is 494 g/mol. The van der Waals surface area contributed by atoms with Crippen LogP contribution in [0.4, 0.5) is 11.4 Å². The largest absolute Gasteiger partial charge is 0.455 e. The molecular formula is C33H38N2O2. The smallest absolute Gasteiger partial charge is 0.241 e. The average Bonchev–Trinajstić information content (AvgIpc) is 2.94. The van der Waals surface area contributed by atoms with Gasteiger partial charge in [-0.15, -0.1) is 0 Å². The summed E-state index contributed by atoms with van der Waals surface area (Å²) < 4.78 is 12.6. The number of anilines is 2. The van der Waals surface area contributed by atoms with Crippen molar-refractivity contribution in [1.82, 2.24) is 0 Å². The van der Waals surface area contributed by atoms with Crippen LogP contribution in [0, 0.1) is 0 Å². The van der Waals surface area contributed by atoms with E-state index in [0.29, 0.717) is 11.4 Å². The molecule has 0 aromatic heterocycles. The molecule has 0 saturated heterocycles. The van der Waals surface area contributed by atoms with Gasteiger partial charge < -0.3 is 20.9 Å². The van der Waals surface area contributed by atoms with Crippen molar-refractivity contribution < 1.29 is 9.47 Å². The van der Waals surface area contributed by atoms with Crippen LogP contribution in [0.3, 0.4) is 0 Å². The SMILES string of the molecule is CCCCC(CCCC(Oc1ccc(N)cc1)Oc1ccc(N)cc1)(c1ccccc1)c1ccccc1. The zero-order valence-electron chi connectivity index (χ0n) is 21.7. The van der Waals surface area contributed by atoms with E-state index in [-0.39, 0.29) is 5.41 Å². The lowest BCUT2D eigenvalue weighted by atomic mass is 9.68. The fraction of sp³-hybridized carbons (Fsp3) is 0.273. The molecule has 4 aromatic carbocycles. The van der Waals surface area contributed by atoms with Crippen molar-refractivity contribution in [2.24, 2.45) is 0 Å². The number of benzene rings is 4. The summed E-state index contributed by atoms with van der Waals surface area (Å²) in [6, 6.07) is 36.8. The Kier molecular flexibility index (Phi) is 9.09. The standard InChI is InChI=1S/C33H38N2O2/c1-2-3-24-33(26-11-6-4-7-12-26,27-13-8-5-9-14-27)25-10-15-32(36-30-20-16-28(34)17-21-30)37-31-22-18-29(35)19-23-31/h4-9,11-14,16-23,32H,2-3,10,15,24-25,34-35H2,1H3. The molecule has 4 rings (SSSR count). The Morgan fingerprint density at radius 2 is 1.03 bits per heavy atom. The third kappa shape index (κ3) is 7.07. The lowest BCUT2D eigenvalue weighted by Gasteiger charge is -2.36. The molecule has 0 radical (unpaired) electrons. The molecule has 0 amide bonds. The predicted octanol–water partition coefficient (Wildman–Crippen LogP) is 7.98. The first-order valence-electron chi connectivity index (χ1n) is 13.2. The van der Waals surface area contributed by atoms with Gasteiger partial charge in [0.25, 0.3) is 0 Å². The highest BCUT2D eigenvalue weighted by molar-refractivity contribution is 5.43. The molecule has 0 unspecified atom stereocenters. The molecular weight excluding hydrogens is 456 g/mol. The number of rotatable bonds is 13. The van der Waals surface area contributed by atoms with Crippen LogP contribution in [-0.2, 0) is 5.41 Å². The summed E-state index contributed by atoms with van der Waals surface area (Å²) in [5, 5.41) is 0. The zero-order valence-corrected chi connectivity index (χ0v) is 21.7. The van der Waals surface area contributed by atoms with Gasteiger partial charge >= 0.3 is 0 Å². The summed E-state index contributed by atoms with van der Waals surface area (Å²) in [5.41, 5.74) is 15.8. The highest BCUT2D eigenvalue weighted by atomic mass is 16.7. The van der Waals surface area contributed by atoms with Crippen molar-refractivity contribution in [3.05, 3.63) is 120 Å². The van der Waals surface area contributed by atoms with Crippen LogP contribution in [0.1, 0.15) is 56.6 Å². The summed E-state index contributed by atoms with van der Waals surface area (Å²) in [7, 11) is 0. The first-order chi connectivity index (χ1) is 18.1. The van der Waals surface area contributed by atoms with E-state index >= 15 is 0 Å². The van der Waals surface area contributed by atoms with Gasteiger partial charge in [-0.2, -0.15) is 0 Å². The summed E-state index contributed by atoms with van der Waals surface area (Å²) in [6.45, 7) is 2.26. The molecule has 0 spiro atoms. The second-order valence-electron chi connectivity index (χ2n) is 9.61. The number of nitrogen functional groups attached to an aromatic ring is 2. The van der Waals surface area contributed by atoms with Gasteiger partial charge in [-0.25, -0.2) is 0 Å². The van der Waals surface area contributed by atoms with Crippen molar-refractivity contribution >= 4 is 11.4 Å². The van der Waals surface area contributed by atoms with E-state index in [2.05, 4.69) is 67.6 Å². The van der Waals surface area contributed by atoms with Crippen molar-refractivity contribution in [1.29, 1.82) is 0 Å². The van der Waals surface area contributed by atoms with Crippen LogP contribution in [0.2, 0.25) is 0 Å². The first kappa shape index (κ1) is 26.2. The molecule has 0 atom stereocenters. The lowest BCUT2D eigenvalue weighted by Crippen LogP contribution is -2.30. The Morgan fingerprint density at radius 3 is 1.46 bits per heavy atom. The van der Waals surface area contributed by atoms with Gasteiger partial charge in [-0.05, 0) is 78.9 Å². The topological polar surface area (TPSA) is 70.5 Å². The summed E-state index contributed by atoms with van der Waals surface area (Å²) in [5.74, 6) is 1.47. The molecule has 0 bridgehead atoms. The van der Waals surface area contributed by atoms with Crippen LogP contribution in [0.5, 0.6) is 11.5 Å². The van der Waals surface area contributed by atoms with Crippen LogP contribution in [0.25, 0.3) is 0 Å². The minimum Gasteiger partial charge on any atom is -0.455 e. The van der Waals surface area contributed by atoms with E-state index in [9.17, 15) is 0 Å². The molecule has 192 valence electrons. The van der Waals surface area contributed by atoms with Gasteiger partial charge in [0.1, 0.15) is 11.5 Å². The van der Waals surface area contributed by atoms with E-state index in [1.165, 1.54) is 11.1 Å². The van der Waals surface area contributed by atoms with Crippen molar-refractivity contribution in [2.45, 2.75) is 57.2 Å². The Morgan fingerprint density at radius 1 is 0.595 bits per heavy atom. The maximum Gasteiger partial charge on any atom is 0.241 e. The van der Waals surface area contributed by atoms with E-state index in [1.807, 2.05) is 48.5 Å². The molecule has 4 N–H and O–H groups in total. The fourth-order valence-electron chi connectivity index (χ4n) is 4.97. The van der Waals surface area contributed by atoms with Gasteiger partial charge in [0, 0.05) is 23.2 Å². The van der Waals surface area contributed by atoms with Crippen LogP contribution in [0.15, 0.2) is 109 Å². The van der Waals surface area contributed by atoms with Crippen LogP contribution in [-0.4, -0.2) is 6.29 Å². The van der Waals surface area contributed by atoms with Crippen molar-refractivity contribution in [3.63, 3.8) is 0 Å². The zero-order chi connectivity index (χ0) is 25.9. The number of hydrogen-bond donors (Lipinski definition) is 2. The first-order valence-corrected chi connectivity index (χ1v) is 13.2. The maximum atomic E-state index is 6.30. The van der Waals surface area contributed by atoms with E-state index in [0.717, 1.165) is 50.0 Å². The predicted molar refractivity (Wildman–Crippen MR) is 154 cm³/mol. The Bertz CT molecular complexity index is 1110. The average molecular weight is 495 g/mol. The maximum absolute atomic E-state index is 6.30. The molecule has 0 heterocycles. The molecule has 4 heteroatoms. The van der Waals surface area contributed by atoms with E-state index < -0.39 is 6.29 Å². The van der Waals surface area contributed by atoms with Crippen molar-refractivity contribution in [2.75, 3.05) is 11.5 Å². The third-order valence-corrected chi connectivity index (χ3v) is 6.95.